The van der Waals surface area contributed by atoms with Gasteiger partial charge in [-0.1, -0.05) is 6.07 Å². The van der Waals surface area contributed by atoms with Crippen LogP contribution in [0.25, 0.3) is 0 Å². The van der Waals surface area contributed by atoms with Gasteiger partial charge in [0.1, 0.15) is 13.2 Å². The number of ether oxygens (including phenoxy) is 2. The summed E-state index contributed by atoms with van der Waals surface area (Å²) in [5.74, 6) is 1.54. The SMILES string of the molecule is CN(C(=O)NC(C)(C)c1ccc2c(c1)OCCO2)C1CCS(=O)(=O)C1. The van der Waals surface area contributed by atoms with E-state index in [1.807, 2.05) is 32.0 Å². The van der Waals surface area contributed by atoms with Crippen LogP contribution in [0.2, 0.25) is 0 Å². The van der Waals surface area contributed by atoms with E-state index < -0.39 is 15.4 Å². The fourth-order valence-electron chi connectivity index (χ4n) is 3.11. The fourth-order valence-corrected chi connectivity index (χ4v) is 4.88. The third kappa shape index (κ3) is 3.84. The van der Waals surface area contributed by atoms with Gasteiger partial charge in [-0.3, -0.25) is 0 Å². The number of nitrogens with zero attached hydrogens (tertiary/aromatic N) is 1. The smallest absolute Gasteiger partial charge is 0.318 e. The second-order valence-corrected chi connectivity index (χ2v) is 9.31. The van der Waals surface area contributed by atoms with Gasteiger partial charge in [-0.25, -0.2) is 13.2 Å². The van der Waals surface area contributed by atoms with Crippen molar-refractivity contribution in [3.8, 4) is 11.5 Å². The highest BCUT2D eigenvalue weighted by Crippen LogP contribution is 2.34. The molecular formula is C17H24N2O5S. The molecule has 0 spiro atoms. The summed E-state index contributed by atoms with van der Waals surface area (Å²) in [5.41, 5.74) is 0.246. The molecule has 1 saturated heterocycles. The molecule has 8 heteroatoms. The molecule has 0 radical (unpaired) electrons. The van der Waals surface area contributed by atoms with Gasteiger partial charge in [0.05, 0.1) is 17.0 Å². The van der Waals surface area contributed by atoms with Crippen LogP contribution in [0.15, 0.2) is 18.2 Å². The predicted molar refractivity (Wildman–Crippen MR) is 93.8 cm³/mol. The first kappa shape index (κ1) is 17.8. The van der Waals surface area contributed by atoms with Crippen molar-refractivity contribution < 1.29 is 22.7 Å². The molecule has 2 amide bonds. The van der Waals surface area contributed by atoms with Crippen LogP contribution in [0, 0.1) is 0 Å². The summed E-state index contributed by atoms with van der Waals surface area (Å²) in [6.45, 7) is 4.83. The molecule has 25 heavy (non-hydrogen) atoms. The molecule has 2 aliphatic heterocycles. The summed E-state index contributed by atoms with van der Waals surface area (Å²) >= 11 is 0. The molecule has 0 aromatic heterocycles. The van der Waals surface area contributed by atoms with Gasteiger partial charge in [-0.2, -0.15) is 0 Å². The lowest BCUT2D eigenvalue weighted by Gasteiger charge is -2.32. The number of urea groups is 1. The van der Waals surface area contributed by atoms with E-state index in [1.165, 1.54) is 4.90 Å². The van der Waals surface area contributed by atoms with Crippen molar-refractivity contribution in [1.82, 2.24) is 10.2 Å². The number of fused-ring (bicyclic) bond motifs is 1. The van der Waals surface area contributed by atoms with E-state index in [-0.39, 0.29) is 23.6 Å². The van der Waals surface area contributed by atoms with E-state index in [2.05, 4.69) is 5.32 Å². The lowest BCUT2D eigenvalue weighted by molar-refractivity contribution is 0.170. The van der Waals surface area contributed by atoms with Gasteiger partial charge in [0.25, 0.3) is 0 Å². The van der Waals surface area contributed by atoms with Crippen LogP contribution in [0.4, 0.5) is 4.79 Å². The van der Waals surface area contributed by atoms with E-state index in [0.717, 1.165) is 5.56 Å². The van der Waals surface area contributed by atoms with E-state index in [1.54, 1.807) is 7.05 Å². The maximum absolute atomic E-state index is 12.6. The van der Waals surface area contributed by atoms with Crippen molar-refractivity contribution in [2.24, 2.45) is 0 Å². The molecule has 1 aromatic carbocycles. The third-order valence-corrected chi connectivity index (χ3v) is 6.51. The maximum atomic E-state index is 12.6. The third-order valence-electron chi connectivity index (χ3n) is 4.76. The van der Waals surface area contributed by atoms with E-state index in [4.69, 9.17) is 9.47 Å². The Labute approximate surface area is 148 Å². The number of benzene rings is 1. The minimum absolute atomic E-state index is 0.0291. The molecule has 1 unspecified atom stereocenters. The Balaban J connectivity index is 1.71. The molecule has 3 rings (SSSR count). The summed E-state index contributed by atoms with van der Waals surface area (Å²) in [7, 11) is -1.39. The number of rotatable bonds is 3. The second kappa shape index (κ2) is 6.40. The molecule has 1 fully saturated rings. The van der Waals surface area contributed by atoms with Crippen LogP contribution >= 0.6 is 0 Å². The van der Waals surface area contributed by atoms with Gasteiger partial charge >= 0.3 is 6.03 Å². The number of carbonyl (C=O) groups excluding carboxylic acids is 1. The summed E-state index contributed by atoms with van der Waals surface area (Å²) < 4.78 is 34.4. The van der Waals surface area contributed by atoms with Crippen molar-refractivity contribution in [2.75, 3.05) is 31.8 Å². The minimum Gasteiger partial charge on any atom is -0.486 e. The van der Waals surface area contributed by atoms with Crippen LogP contribution in [-0.4, -0.2) is 57.2 Å². The molecule has 0 bridgehead atoms. The molecule has 1 aromatic rings. The molecule has 1 N–H and O–H groups in total. The first-order valence-electron chi connectivity index (χ1n) is 8.33. The predicted octanol–water partition coefficient (Wildman–Crippen LogP) is 1.52. The molecule has 7 nitrogen and oxygen atoms in total. The highest BCUT2D eigenvalue weighted by molar-refractivity contribution is 7.91. The van der Waals surface area contributed by atoms with Crippen molar-refractivity contribution in [2.45, 2.75) is 31.8 Å². The lowest BCUT2D eigenvalue weighted by Crippen LogP contribution is -2.50. The first-order valence-corrected chi connectivity index (χ1v) is 10.2. The summed E-state index contributed by atoms with van der Waals surface area (Å²) in [4.78, 5) is 14.1. The largest absolute Gasteiger partial charge is 0.486 e. The zero-order valence-corrected chi connectivity index (χ0v) is 15.6. The fraction of sp³-hybridized carbons (Fsp3) is 0.588. The number of amides is 2. The lowest BCUT2D eigenvalue weighted by atomic mass is 9.94. The van der Waals surface area contributed by atoms with Gasteiger partial charge in [-0.05, 0) is 38.0 Å². The van der Waals surface area contributed by atoms with Crippen LogP contribution < -0.4 is 14.8 Å². The molecule has 2 heterocycles. The van der Waals surface area contributed by atoms with E-state index >= 15 is 0 Å². The Morgan fingerprint density at radius 1 is 1.24 bits per heavy atom. The normalized spacial score (nSPS) is 21.6. The first-order chi connectivity index (χ1) is 11.7. The van der Waals surface area contributed by atoms with Crippen molar-refractivity contribution in [1.29, 1.82) is 0 Å². The van der Waals surface area contributed by atoms with Gasteiger partial charge in [0.15, 0.2) is 21.3 Å². The van der Waals surface area contributed by atoms with Crippen LogP contribution in [0.3, 0.4) is 0 Å². The van der Waals surface area contributed by atoms with Crippen molar-refractivity contribution in [3.05, 3.63) is 23.8 Å². The Morgan fingerprint density at radius 2 is 1.92 bits per heavy atom. The van der Waals surface area contributed by atoms with Gasteiger partial charge in [-0.15, -0.1) is 0 Å². The second-order valence-electron chi connectivity index (χ2n) is 7.08. The van der Waals surface area contributed by atoms with Gasteiger partial charge in [0.2, 0.25) is 0 Å². The van der Waals surface area contributed by atoms with Gasteiger partial charge < -0.3 is 19.7 Å². The number of hydrogen-bond donors (Lipinski definition) is 1. The molecule has 138 valence electrons. The standard InChI is InChI=1S/C17H24N2O5S/c1-17(2,12-4-5-14-15(10-12)24-8-7-23-14)18-16(20)19(3)13-6-9-25(21,22)11-13/h4-5,10,13H,6-9,11H2,1-3H3,(H,18,20). The number of sulfone groups is 1. The quantitative estimate of drug-likeness (QED) is 0.874. The van der Waals surface area contributed by atoms with Crippen molar-refractivity contribution >= 4 is 15.9 Å². The number of hydrogen-bond acceptors (Lipinski definition) is 5. The molecular weight excluding hydrogens is 344 g/mol. The van der Waals surface area contributed by atoms with Crippen LogP contribution in [-0.2, 0) is 15.4 Å². The monoisotopic (exact) mass is 368 g/mol. The average Bonchev–Trinajstić information content (AvgIpc) is 2.93. The summed E-state index contributed by atoms with van der Waals surface area (Å²) in [5, 5.41) is 2.98. The summed E-state index contributed by atoms with van der Waals surface area (Å²) in [6.07, 6.45) is 0.483. The highest BCUT2D eigenvalue weighted by atomic mass is 32.2. The van der Waals surface area contributed by atoms with Crippen LogP contribution in [0.5, 0.6) is 11.5 Å². The Bertz CT molecular complexity index is 775. The van der Waals surface area contributed by atoms with Crippen molar-refractivity contribution in [3.63, 3.8) is 0 Å². The zero-order chi connectivity index (χ0) is 18.2. The molecule has 1 atom stereocenters. The molecule has 0 saturated carbocycles. The number of carbonyl (C=O) groups is 1. The Hall–Kier alpha value is -1.96. The number of nitrogens with one attached hydrogen (secondary N) is 1. The Morgan fingerprint density at radius 3 is 2.56 bits per heavy atom. The maximum Gasteiger partial charge on any atom is 0.318 e. The van der Waals surface area contributed by atoms with Gasteiger partial charge in [0, 0.05) is 13.1 Å². The minimum atomic E-state index is -3.03. The molecule has 0 aliphatic carbocycles. The summed E-state index contributed by atoms with van der Waals surface area (Å²) in [6, 6.07) is 5.04. The Kier molecular flexibility index (Phi) is 4.57. The average molecular weight is 368 g/mol. The van der Waals surface area contributed by atoms with E-state index in [0.29, 0.717) is 31.1 Å². The van der Waals surface area contributed by atoms with E-state index in [9.17, 15) is 13.2 Å². The zero-order valence-electron chi connectivity index (χ0n) is 14.7. The topological polar surface area (TPSA) is 84.9 Å². The van der Waals surface area contributed by atoms with Crippen LogP contribution in [0.1, 0.15) is 25.8 Å². The highest BCUT2D eigenvalue weighted by Gasteiger charge is 2.34. The molecule has 2 aliphatic rings.